The maximum absolute atomic E-state index is 12.5. The van der Waals surface area contributed by atoms with Gasteiger partial charge in [-0.25, -0.2) is 0 Å². The van der Waals surface area contributed by atoms with Crippen LogP contribution in [0.3, 0.4) is 0 Å². The molecule has 0 heterocycles. The number of amides is 2. The Kier molecular flexibility index (Phi) is 6.82. The fourth-order valence-electron chi connectivity index (χ4n) is 2.97. The lowest BCUT2D eigenvalue weighted by Crippen LogP contribution is -2.30. The van der Waals surface area contributed by atoms with Gasteiger partial charge in [-0.05, 0) is 68.3 Å². The molecule has 7 heteroatoms. The molecule has 160 valence electrons. The highest BCUT2D eigenvalue weighted by molar-refractivity contribution is 6.30. The zero-order valence-corrected chi connectivity index (χ0v) is 18.2. The number of hydrogen-bond acceptors (Lipinski definition) is 4. The van der Waals surface area contributed by atoms with Gasteiger partial charge in [-0.3, -0.25) is 9.59 Å². The summed E-state index contributed by atoms with van der Waals surface area (Å²) in [6, 6.07) is 16.8. The number of phenols is 1. The van der Waals surface area contributed by atoms with E-state index in [0.717, 1.165) is 11.1 Å². The van der Waals surface area contributed by atoms with Crippen LogP contribution in [0.1, 0.15) is 28.4 Å². The number of rotatable bonds is 6. The van der Waals surface area contributed by atoms with Crippen LogP contribution >= 0.6 is 11.6 Å². The second-order valence-electron chi connectivity index (χ2n) is 7.16. The van der Waals surface area contributed by atoms with Gasteiger partial charge in [0.1, 0.15) is 11.5 Å². The van der Waals surface area contributed by atoms with Gasteiger partial charge in [-0.15, -0.1) is 0 Å². The van der Waals surface area contributed by atoms with Gasteiger partial charge in [0.25, 0.3) is 11.8 Å². The van der Waals surface area contributed by atoms with Crippen LogP contribution in [0.4, 0.5) is 11.4 Å². The van der Waals surface area contributed by atoms with E-state index in [1.807, 2.05) is 26.0 Å². The zero-order valence-electron chi connectivity index (χ0n) is 17.4. The summed E-state index contributed by atoms with van der Waals surface area (Å²) in [5.74, 6) is -0.318. The summed E-state index contributed by atoms with van der Waals surface area (Å²) in [5.41, 5.74) is 2.78. The van der Waals surface area contributed by atoms with E-state index >= 15 is 0 Å². The predicted molar refractivity (Wildman–Crippen MR) is 122 cm³/mol. The molecule has 6 nitrogen and oxygen atoms in total. The Morgan fingerprint density at radius 2 is 1.71 bits per heavy atom. The summed E-state index contributed by atoms with van der Waals surface area (Å²) in [5, 5.41) is 16.3. The number of hydrogen-bond donors (Lipinski definition) is 3. The average Bonchev–Trinajstić information content (AvgIpc) is 2.72. The third kappa shape index (κ3) is 5.55. The number of halogens is 1. The highest BCUT2D eigenvalue weighted by Gasteiger charge is 2.17. The molecule has 3 aromatic carbocycles. The number of aryl methyl sites for hydroxylation is 2. The molecule has 3 aromatic rings. The Labute approximate surface area is 185 Å². The van der Waals surface area contributed by atoms with Gasteiger partial charge in [0.05, 0.1) is 5.69 Å². The number of anilines is 2. The molecule has 0 bridgehead atoms. The first-order valence-corrected chi connectivity index (χ1v) is 10.1. The van der Waals surface area contributed by atoms with Crippen molar-refractivity contribution in [1.82, 2.24) is 0 Å². The lowest BCUT2D eigenvalue weighted by atomic mass is 10.1. The van der Waals surface area contributed by atoms with E-state index in [9.17, 15) is 14.7 Å². The molecule has 31 heavy (non-hydrogen) atoms. The van der Waals surface area contributed by atoms with Gasteiger partial charge in [0.15, 0.2) is 6.10 Å². The van der Waals surface area contributed by atoms with E-state index in [1.54, 1.807) is 43.3 Å². The third-order valence-corrected chi connectivity index (χ3v) is 4.95. The Morgan fingerprint density at radius 3 is 2.39 bits per heavy atom. The van der Waals surface area contributed by atoms with Gasteiger partial charge >= 0.3 is 0 Å². The van der Waals surface area contributed by atoms with E-state index < -0.39 is 6.10 Å². The standard InChI is InChI=1S/C24H23ClN2O4/c1-14-6-4-5-7-19(14)24(30)27-20-10-9-18(13-21(20)28)26-23(29)16(3)31-22-11-8-17(25)12-15(22)2/h4-13,16,28H,1-3H3,(H,26,29)(H,27,30)/t16-/m0/s1. The first-order valence-electron chi connectivity index (χ1n) is 9.68. The van der Waals surface area contributed by atoms with Crippen LogP contribution in [0.25, 0.3) is 0 Å². The van der Waals surface area contributed by atoms with Crippen molar-refractivity contribution in [2.24, 2.45) is 0 Å². The van der Waals surface area contributed by atoms with Gasteiger partial charge in [-0.1, -0.05) is 29.8 Å². The van der Waals surface area contributed by atoms with E-state index in [4.69, 9.17) is 16.3 Å². The summed E-state index contributed by atoms with van der Waals surface area (Å²) in [4.78, 5) is 24.9. The second-order valence-corrected chi connectivity index (χ2v) is 7.60. The number of nitrogens with one attached hydrogen (secondary N) is 2. The Hall–Kier alpha value is -3.51. The molecule has 0 aliphatic rings. The smallest absolute Gasteiger partial charge is 0.265 e. The normalized spacial score (nSPS) is 11.5. The lowest BCUT2D eigenvalue weighted by Gasteiger charge is -2.17. The molecule has 0 fully saturated rings. The van der Waals surface area contributed by atoms with Crippen LogP contribution in [0.15, 0.2) is 60.7 Å². The van der Waals surface area contributed by atoms with Crippen molar-refractivity contribution >= 4 is 34.8 Å². The molecular formula is C24H23ClN2O4. The van der Waals surface area contributed by atoms with E-state index in [2.05, 4.69) is 10.6 Å². The summed E-state index contributed by atoms with van der Waals surface area (Å²) >= 11 is 5.94. The lowest BCUT2D eigenvalue weighted by molar-refractivity contribution is -0.122. The van der Waals surface area contributed by atoms with Gasteiger partial charge in [-0.2, -0.15) is 0 Å². The third-order valence-electron chi connectivity index (χ3n) is 4.71. The van der Waals surface area contributed by atoms with Crippen molar-refractivity contribution in [3.63, 3.8) is 0 Å². The van der Waals surface area contributed by atoms with Gasteiger partial charge in [0, 0.05) is 22.3 Å². The molecule has 0 unspecified atom stereocenters. The van der Waals surface area contributed by atoms with Crippen molar-refractivity contribution in [2.75, 3.05) is 10.6 Å². The number of benzene rings is 3. The maximum atomic E-state index is 12.5. The molecule has 0 aliphatic heterocycles. The molecule has 0 saturated heterocycles. The number of aromatic hydroxyl groups is 1. The highest BCUT2D eigenvalue weighted by Crippen LogP contribution is 2.28. The number of carbonyl (C=O) groups is 2. The minimum absolute atomic E-state index is 0.165. The van der Waals surface area contributed by atoms with Gasteiger partial charge < -0.3 is 20.5 Å². The quantitative estimate of drug-likeness (QED) is 0.454. The van der Waals surface area contributed by atoms with Crippen molar-refractivity contribution in [3.8, 4) is 11.5 Å². The largest absolute Gasteiger partial charge is 0.506 e. The van der Waals surface area contributed by atoms with Crippen LogP contribution in [0, 0.1) is 13.8 Å². The molecule has 0 spiro atoms. The van der Waals surface area contributed by atoms with Crippen molar-refractivity contribution < 1.29 is 19.4 Å². The van der Waals surface area contributed by atoms with Crippen molar-refractivity contribution in [1.29, 1.82) is 0 Å². The number of ether oxygens (including phenoxy) is 1. The maximum Gasteiger partial charge on any atom is 0.265 e. The molecule has 0 radical (unpaired) electrons. The Balaban J connectivity index is 1.64. The molecule has 1 atom stereocenters. The fraction of sp³-hybridized carbons (Fsp3) is 0.167. The second kappa shape index (κ2) is 9.53. The Morgan fingerprint density at radius 1 is 0.968 bits per heavy atom. The van der Waals surface area contributed by atoms with Crippen LogP contribution in [0.5, 0.6) is 11.5 Å². The topological polar surface area (TPSA) is 87.7 Å². The van der Waals surface area contributed by atoms with E-state index in [1.165, 1.54) is 12.1 Å². The highest BCUT2D eigenvalue weighted by atomic mass is 35.5. The summed E-state index contributed by atoms with van der Waals surface area (Å²) < 4.78 is 5.71. The predicted octanol–water partition coefficient (Wildman–Crippen LogP) is 5.32. The summed E-state index contributed by atoms with van der Waals surface area (Å²) in [6.45, 7) is 5.30. The zero-order chi connectivity index (χ0) is 22.5. The van der Waals surface area contributed by atoms with E-state index in [-0.39, 0.29) is 23.3 Å². The van der Waals surface area contributed by atoms with Crippen LogP contribution in [-0.4, -0.2) is 23.0 Å². The summed E-state index contributed by atoms with van der Waals surface area (Å²) in [6.07, 6.45) is -0.776. The van der Waals surface area contributed by atoms with Crippen molar-refractivity contribution in [2.45, 2.75) is 26.9 Å². The number of carbonyl (C=O) groups excluding carboxylic acids is 2. The fourth-order valence-corrected chi connectivity index (χ4v) is 3.19. The molecule has 0 aromatic heterocycles. The minimum atomic E-state index is -0.776. The van der Waals surface area contributed by atoms with Crippen LogP contribution in [0.2, 0.25) is 5.02 Å². The summed E-state index contributed by atoms with van der Waals surface area (Å²) in [7, 11) is 0. The van der Waals surface area contributed by atoms with Crippen molar-refractivity contribution in [3.05, 3.63) is 82.4 Å². The van der Waals surface area contributed by atoms with Gasteiger partial charge in [0.2, 0.25) is 0 Å². The van der Waals surface area contributed by atoms with Crippen LogP contribution in [-0.2, 0) is 4.79 Å². The first-order chi connectivity index (χ1) is 14.7. The number of phenolic OH excluding ortho intramolecular Hbond substituents is 1. The molecule has 3 N–H and O–H groups in total. The molecule has 2 amide bonds. The molecule has 0 saturated carbocycles. The molecular weight excluding hydrogens is 416 g/mol. The first kappa shape index (κ1) is 22.2. The minimum Gasteiger partial charge on any atom is -0.506 e. The molecule has 0 aliphatic carbocycles. The SMILES string of the molecule is Cc1cc(Cl)ccc1O[C@@H](C)C(=O)Nc1ccc(NC(=O)c2ccccc2C)c(O)c1. The Bertz CT molecular complexity index is 1130. The average molecular weight is 439 g/mol. The van der Waals surface area contributed by atoms with Crippen LogP contribution < -0.4 is 15.4 Å². The van der Waals surface area contributed by atoms with E-state index in [0.29, 0.717) is 22.0 Å². The monoisotopic (exact) mass is 438 g/mol. The molecule has 3 rings (SSSR count).